The van der Waals surface area contributed by atoms with Crippen LogP contribution in [-0.2, 0) is 9.59 Å². The highest BCUT2D eigenvalue weighted by Crippen LogP contribution is 2.27. The first-order valence-electron chi connectivity index (χ1n) is 6.47. The Morgan fingerprint density at radius 3 is 2.30 bits per heavy atom. The van der Waals surface area contributed by atoms with Gasteiger partial charge < -0.3 is 15.7 Å². The quantitative estimate of drug-likeness (QED) is 0.754. The van der Waals surface area contributed by atoms with Crippen molar-refractivity contribution in [2.24, 2.45) is 5.92 Å². The fraction of sp³-hybridized carbons (Fsp3) is 0.357. The van der Waals surface area contributed by atoms with E-state index in [2.05, 4.69) is 10.6 Å². The van der Waals surface area contributed by atoms with Gasteiger partial charge in [0.1, 0.15) is 6.54 Å². The Morgan fingerprint density at radius 1 is 1.15 bits per heavy atom. The van der Waals surface area contributed by atoms with Gasteiger partial charge in [0.15, 0.2) is 0 Å². The number of nitrogens with one attached hydrogen (secondary N) is 2. The minimum absolute atomic E-state index is 0.0133. The summed E-state index contributed by atoms with van der Waals surface area (Å²) in [5.74, 6) is -1.43. The molecule has 0 spiro atoms. The first-order chi connectivity index (χ1) is 9.56. The van der Waals surface area contributed by atoms with Crippen LogP contribution in [0, 0.1) is 5.92 Å². The van der Waals surface area contributed by atoms with Crippen molar-refractivity contribution >= 4 is 23.5 Å². The molecule has 1 aromatic carbocycles. The van der Waals surface area contributed by atoms with Gasteiger partial charge in [0.25, 0.3) is 5.91 Å². The number of carboxylic acid groups (broad SMARTS) is 1. The van der Waals surface area contributed by atoms with E-state index in [9.17, 15) is 14.4 Å². The normalized spacial score (nSPS) is 14.2. The largest absolute Gasteiger partial charge is 0.480 e. The molecule has 1 aliphatic rings. The highest BCUT2D eigenvalue weighted by molar-refractivity contribution is 5.97. The highest BCUT2D eigenvalue weighted by Gasteiger charge is 2.25. The molecule has 20 heavy (non-hydrogen) atoms. The van der Waals surface area contributed by atoms with Crippen LogP contribution in [-0.4, -0.2) is 29.4 Å². The van der Waals surface area contributed by atoms with Crippen molar-refractivity contribution in [2.45, 2.75) is 19.3 Å². The average molecular weight is 276 g/mol. The number of carbonyl (C=O) groups excluding carboxylic acids is 2. The maximum Gasteiger partial charge on any atom is 0.322 e. The molecule has 2 amide bonds. The number of hydrogen-bond acceptors (Lipinski definition) is 3. The summed E-state index contributed by atoms with van der Waals surface area (Å²) in [4.78, 5) is 33.7. The van der Waals surface area contributed by atoms with Crippen LogP contribution in [0.5, 0.6) is 0 Å². The molecule has 1 saturated carbocycles. The highest BCUT2D eigenvalue weighted by atomic mass is 16.4. The third kappa shape index (κ3) is 3.57. The van der Waals surface area contributed by atoms with Crippen LogP contribution in [0.3, 0.4) is 0 Å². The van der Waals surface area contributed by atoms with E-state index < -0.39 is 18.4 Å². The predicted octanol–water partition coefficient (Wildman–Crippen LogP) is 1.24. The molecular formula is C14H16N2O4. The average Bonchev–Trinajstić information content (AvgIpc) is 2.34. The number of amides is 2. The molecule has 1 fully saturated rings. The molecule has 0 unspecified atom stereocenters. The van der Waals surface area contributed by atoms with Crippen molar-refractivity contribution in [2.75, 3.05) is 11.9 Å². The molecule has 106 valence electrons. The zero-order chi connectivity index (χ0) is 14.5. The lowest BCUT2D eigenvalue weighted by Gasteiger charge is -2.24. The number of benzene rings is 1. The van der Waals surface area contributed by atoms with Crippen molar-refractivity contribution in [3.63, 3.8) is 0 Å². The molecule has 0 aliphatic heterocycles. The van der Waals surface area contributed by atoms with Crippen molar-refractivity contribution < 1.29 is 19.5 Å². The number of rotatable bonds is 5. The summed E-state index contributed by atoms with van der Waals surface area (Å²) in [5.41, 5.74) is 0.990. The predicted molar refractivity (Wildman–Crippen MR) is 72.4 cm³/mol. The fourth-order valence-electron chi connectivity index (χ4n) is 1.88. The zero-order valence-electron chi connectivity index (χ0n) is 10.9. The van der Waals surface area contributed by atoms with Crippen molar-refractivity contribution in [1.82, 2.24) is 5.32 Å². The van der Waals surface area contributed by atoms with Crippen LogP contribution in [0.1, 0.15) is 29.6 Å². The second kappa shape index (κ2) is 6.18. The van der Waals surface area contributed by atoms with Crippen molar-refractivity contribution in [3.8, 4) is 0 Å². The molecular weight excluding hydrogens is 260 g/mol. The molecule has 0 bridgehead atoms. The van der Waals surface area contributed by atoms with Crippen LogP contribution >= 0.6 is 0 Å². The molecule has 0 radical (unpaired) electrons. The second-order valence-electron chi connectivity index (χ2n) is 4.77. The van der Waals surface area contributed by atoms with Gasteiger partial charge in [-0.3, -0.25) is 14.4 Å². The Morgan fingerprint density at radius 2 is 1.80 bits per heavy atom. The Labute approximate surface area is 116 Å². The van der Waals surface area contributed by atoms with Gasteiger partial charge >= 0.3 is 5.97 Å². The number of hydrogen-bond donors (Lipinski definition) is 3. The van der Waals surface area contributed by atoms with Gasteiger partial charge in [-0.05, 0) is 37.1 Å². The first-order valence-corrected chi connectivity index (χ1v) is 6.47. The number of aliphatic carboxylic acids is 1. The van der Waals surface area contributed by atoms with Crippen LogP contribution in [0.2, 0.25) is 0 Å². The minimum Gasteiger partial charge on any atom is -0.480 e. The third-order valence-electron chi connectivity index (χ3n) is 3.29. The molecule has 0 saturated heterocycles. The van der Waals surface area contributed by atoms with Crippen LogP contribution in [0.4, 0.5) is 5.69 Å². The summed E-state index contributed by atoms with van der Waals surface area (Å²) in [5, 5.41) is 13.5. The molecule has 2 rings (SSSR count). The van der Waals surface area contributed by atoms with Gasteiger partial charge in [-0.25, -0.2) is 0 Å². The first kappa shape index (κ1) is 14.0. The standard InChI is InChI=1S/C14H16N2O4/c17-12(18)8-15-13(19)10-4-6-11(7-5-10)16-14(20)9-2-1-3-9/h4-7,9H,1-3,8H2,(H,15,19)(H,16,20)(H,17,18). The molecule has 6 heteroatoms. The summed E-state index contributed by atoms with van der Waals surface area (Å²) >= 11 is 0. The summed E-state index contributed by atoms with van der Waals surface area (Å²) in [6, 6.07) is 6.36. The van der Waals surface area contributed by atoms with Gasteiger partial charge in [0, 0.05) is 17.2 Å². The Hall–Kier alpha value is -2.37. The molecule has 1 aliphatic carbocycles. The van der Waals surface area contributed by atoms with Gasteiger partial charge in [0.2, 0.25) is 5.91 Å². The SMILES string of the molecule is O=C(O)CNC(=O)c1ccc(NC(=O)C2CCC2)cc1. The molecule has 3 N–H and O–H groups in total. The lowest BCUT2D eigenvalue weighted by molar-refractivity contribution is -0.135. The van der Waals surface area contributed by atoms with E-state index in [0.717, 1.165) is 19.3 Å². The Kier molecular flexibility index (Phi) is 4.34. The number of anilines is 1. The topological polar surface area (TPSA) is 95.5 Å². The smallest absolute Gasteiger partial charge is 0.322 e. The third-order valence-corrected chi connectivity index (χ3v) is 3.29. The monoisotopic (exact) mass is 276 g/mol. The van der Waals surface area contributed by atoms with E-state index in [1.165, 1.54) is 0 Å². The fourth-order valence-corrected chi connectivity index (χ4v) is 1.88. The number of carboxylic acids is 1. The van der Waals surface area contributed by atoms with Crippen molar-refractivity contribution in [1.29, 1.82) is 0 Å². The van der Waals surface area contributed by atoms with E-state index in [4.69, 9.17) is 5.11 Å². The Bertz CT molecular complexity index is 520. The maximum absolute atomic E-state index is 11.7. The van der Waals surface area contributed by atoms with E-state index in [0.29, 0.717) is 11.3 Å². The maximum atomic E-state index is 11.7. The van der Waals surface area contributed by atoms with Crippen LogP contribution in [0.15, 0.2) is 24.3 Å². The van der Waals surface area contributed by atoms with Gasteiger partial charge in [-0.2, -0.15) is 0 Å². The van der Waals surface area contributed by atoms with E-state index in [1.54, 1.807) is 24.3 Å². The second-order valence-corrected chi connectivity index (χ2v) is 4.77. The molecule has 0 aromatic heterocycles. The van der Waals surface area contributed by atoms with E-state index in [-0.39, 0.29) is 11.8 Å². The molecule has 1 aromatic rings. The van der Waals surface area contributed by atoms with E-state index >= 15 is 0 Å². The van der Waals surface area contributed by atoms with Crippen molar-refractivity contribution in [3.05, 3.63) is 29.8 Å². The zero-order valence-corrected chi connectivity index (χ0v) is 10.9. The van der Waals surface area contributed by atoms with Gasteiger partial charge in [-0.15, -0.1) is 0 Å². The van der Waals surface area contributed by atoms with Gasteiger partial charge in [-0.1, -0.05) is 6.42 Å². The summed E-state index contributed by atoms with van der Waals surface area (Å²) in [6.07, 6.45) is 2.96. The van der Waals surface area contributed by atoms with E-state index in [1.807, 2.05) is 0 Å². The lowest BCUT2D eigenvalue weighted by Crippen LogP contribution is -2.29. The molecule has 0 heterocycles. The summed E-state index contributed by atoms with van der Waals surface area (Å²) in [7, 11) is 0. The summed E-state index contributed by atoms with van der Waals surface area (Å²) < 4.78 is 0. The minimum atomic E-state index is -1.09. The van der Waals surface area contributed by atoms with Crippen LogP contribution < -0.4 is 10.6 Å². The number of carbonyl (C=O) groups is 3. The van der Waals surface area contributed by atoms with Gasteiger partial charge in [0.05, 0.1) is 0 Å². The molecule has 0 atom stereocenters. The van der Waals surface area contributed by atoms with Crippen LogP contribution in [0.25, 0.3) is 0 Å². The molecule has 6 nitrogen and oxygen atoms in total. The Balaban J connectivity index is 1.90. The lowest BCUT2D eigenvalue weighted by atomic mass is 9.85. The summed E-state index contributed by atoms with van der Waals surface area (Å²) in [6.45, 7) is -0.418.